The van der Waals surface area contributed by atoms with Gasteiger partial charge in [0, 0.05) is 6.42 Å². The van der Waals surface area contributed by atoms with Crippen LogP contribution >= 0.6 is 11.3 Å². The van der Waals surface area contributed by atoms with Crippen molar-refractivity contribution < 1.29 is 9.18 Å². The smallest absolute Gasteiger partial charge is 0.226 e. The van der Waals surface area contributed by atoms with E-state index in [2.05, 4.69) is 55.3 Å². The van der Waals surface area contributed by atoms with Gasteiger partial charge in [0.05, 0.1) is 4.70 Å². The summed E-state index contributed by atoms with van der Waals surface area (Å²) in [6, 6.07) is 13.2. The fourth-order valence-electron chi connectivity index (χ4n) is 2.58. The van der Waals surface area contributed by atoms with Gasteiger partial charge < -0.3 is 5.32 Å². The second kappa shape index (κ2) is 6.92. The molecule has 0 fully saturated rings. The molecule has 3 aromatic rings. The van der Waals surface area contributed by atoms with Crippen LogP contribution in [0.5, 0.6) is 0 Å². The molecule has 0 aliphatic carbocycles. The van der Waals surface area contributed by atoms with Crippen molar-refractivity contribution in [3.8, 4) is 0 Å². The van der Waals surface area contributed by atoms with Gasteiger partial charge in [-0.2, -0.15) is 0 Å². The zero-order valence-electron chi connectivity index (χ0n) is 14.6. The second-order valence-electron chi connectivity index (χ2n) is 7.10. The van der Waals surface area contributed by atoms with Crippen LogP contribution in [0, 0.1) is 5.82 Å². The van der Waals surface area contributed by atoms with E-state index in [1.165, 1.54) is 23.0 Å². The highest BCUT2D eigenvalue weighted by Gasteiger charge is 2.13. The normalized spacial score (nSPS) is 11.7. The molecule has 0 saturated carbocycles. The molecule has 130 valence electrons. The summed E-state index contributed by atoms with van der Waals surface area (Å²) < 4.78 is 14.4. The van der Waals surface area contributed by atoms with Crippen LogP contribution in [-0.2, 0) is 16.6 Å². The second-order valence-corrected chi connectivity index (χ2v) is 8.13. The molecule has 3 nitrogen and oxygen atoms in total. The minimum absolute atomic E-state index is 0.112. The lowest BCUT2D eigenvalue weighted by atomic mass is 9.86. The molecule has 1 heterocycles. The molecular weight excluding hydrogens is 335 g/mol. The number of amides is 1. The van der Waals surface area contributed by atoms with Crippen molar-refractivity contribution >= 4 is 32.6 Å². The van der Waals surface area contributed by atoms with Crippen LogP contribution in [0.3, 0.4) is 0 Å². The Morgan fingerprint density at radius 3 is 2.52 bits per heavy atom. The van der Waals surface area contributed by atoms with Crippen molar-refractivity contribution in [1.82, 2.24) is 4.98 Å². The van der Waals surface area contributed by atoms with Crippen LogP contribution in [0.2, 0.25) is 0 Å². The van der Waals surface area contributed by atoms with E-state index in [0.717, 1.165) is 10.3 Å². The fraction of sp³-hybridized carbons (Fsp3) is 0.300. The Hall–Kier alpha value is -2.27. The number of benzene rings is 2. The van der Waals surface area contributed by atoms with Gasteiger partial charge in [-0.1, -0.05) is 62.4 Å². The Balaban J connectivity index is 1.59. The van der Waals surface area contributed by atoms with E-state index >= 15 is 0 Å². The predicted octanol–water partition coefficient (Wildman–Crippen LogP) is 5.30. The maximum absolute atomic E-state index is 13.7. The van der Waals surface area contributed by atoms with Crippen LogP contribution in [0.1, 0.15) is 38.3 Å². The molecule has 0 radical (unpaired) electrons. The summed E-state index contributed by atoms with van der Waals surface area (Å²) in [7, 11) is 0. The molecule has 1 aromatic heterocycles. The molecule has 0 atom stereocenters. The zero-order valence-corrected chi connectivity index (χ0v) is 15.4. The number of fused-ring (bicyclic) bond motifs is 1. The summed E-state index contributed by atoms with van der Waals surface area (Å²) in [4.78, 5) is 16.3. The molecule has 25 heavy (non-hydrogen) atoms. The fourth-order valence-corrected chi connectivity index (χ4v) is 3.48. The number of hydrogen-bond donors (Lipinski definition) is 1. The molecule has 1 N–H and O–H groups in total. The summed E-state index contributed by atoms with van der Waals surface area (Å²) in [5.74, 6) is -0.479. The number of nitrogens with zero attached hydrogens (tertiary/aromatic N) is 1. The average Bonchev–Trinajstić information content (AvgIpc) is 2.96. The minimum atomic E-state index is -0.367. The third-order valence-corrected chi connectivity index (χ3v) is 5.01. The topological polar surface area (TPSA) is 42.0 Å². The molecule has 3 rings (SSSR count). The minimum Gasteiger partial charge on any atom is -0.302 e. The van der Waals surface area contributed by atoms with Gasteiger partial charge in [0.25, 0.3) is 0 Å². The number of hydrogen-bond acceptors (Lipinski definition) is 3. The summed E-state index contributed by atoms with van der Waals surface area (Å²) in [6.45, 7) is 6.53. The van der Waals surface area contributed by atoms with E-state index in [1.54, 1.807) is 12.1 Å². The molecule has 0 aliphatic rings. The van der Waals surface area contributed by atoms with Crippen molar-refractivity contribution in [3.63, 3.8) is 0 Å². The van der Waals surface area contributed by atoms with Crippen molar-refractivity contribution in [2.24, 2.45) is 0 Å². The quantitative estimate of drug-likeness (QED) is 0.689. The highest BCUT2D eigenvalue weighted by Crippen LogP contribution is 2.27. The lowest BCUT2D eigenvalue weighted by molar-refractivity contribution is -0.116. The largest absolute Gasteiger partial charge is 0.302 e. The Bertz CT molecular complexity index is 894. The monoisotopic (exact) mass is 356 g/mol. The lowest BCUT2D eigenvalue weighted by Crippen LogP contribution is -2.13. The molecule has 0 unspecified atom stereocenters. The first-order valence-corrected chi connectivity index (χ1v) is 9.09. The molecule has 2 aromatic carbocycles. The number of thiazole rings is 1. The molecule has 5 heteroatoms. The highest BCUT2D eigenvalue weighted by atomic mass is 32.1. The van der Waals surface area contributed by atoms with E-state index in [9.17, 15) is 9.18 Å². The van der Waals surface area contributed by atoms with Crippen molar-refractivity contribution in [1.29, 1.82) is 0 Å². The van der Waals surface area contributed by atoms with Gasteiger partial charge in [-0.3, -0.25) is 4.79 Å². The average molecular weight is 356 g/mol. The SMILES string of the molecule is CC(C)(C)c1ccc(CCC(=O)Nc2nc3c(F)cccc3s2)cc1. The van der Waals surface area contributed by atoms with E-state index in [0.29, 0.717) is 23.5 Å². The maximum Gasteiger partial charge on any atom is 0.226 e. The van der Waals surface area contributed by atoms with Gasteiger partial charge in [-0.05, 0) is 35.1 Å². The van der Waals surface area contributed by atoms with Crippen molar-refractivity contribution in [2.45, 2.75) is 39.0 Å². The Labute approximate surface area is 150 Å². The van der Waals surface area contributed by atoms with Crippen LogP contribution in [0.15, 0.2) is 42.5 Å². The molecular formula is C20H21FN2OS. The maximum atomic E-state index is 13.7. The molecule has 0 aliphatic heterocycles. The number of aryl methyl sites for hydroxylation is 1. The van der Waals surface area contributed by atoms with Gasteiger partial charge in [-0.15, -0.1) is 0 Å². The first-order chi connectivity index (χ1) is 11.8. The zero-order chi connectivity index (χ0) is 18.0. The highest BCUT2D eigenvalue weighted by molar-refractivity contribution is 7.22. The number of halogens is 1. The van der Waals surface area contributed by atoms with Gasteiger partial charge in [-0.25, -0.2) is 9.37 Å². The van der Waals surface area contributed by atoms with Crippen LogP contribution < -0.4 is 5.32 Å². The summed E-state index contributed by atoms with van der Waals surface area (Å²) in [6.07, 6.45) is 1.03. The van der Waals surface area contributed by atoms with Crippen LogP contribution in [0.25, 0.3) is 10.2 Å². The number of nitrogens with one attached hydrogen (secondary N) is 1. The number of carbonyl (C=O) groups is 1. The number of rotatable bonds is 4. The number of carbonyl (C=O) groups excluding carboxylic acids is 1. The Morgan fingerprint density at radius 2 is 1.88 bits per heavy atom. The third kappa shape index (κ3) is 4.23. The van der Waals surface area contributed by atoms with Gasteiger partial charge >= 0.3 is 0 Å². The predicted molar refractivity (Wildman–Crippen MR) is 102 cm³/mol. The Kier molecular flexibility index (Phi) is 4.86. The van der Waals surface area contributed by atoms with E-state index < -0.39 is 0 Å². The molecule has 0 saturated heterocycles. The first kappa shape index (κ1) is 17.5. The number of anilines is 1. The molecule has 0 bridgehead atoms. The summed E-state index contributed by atoms with van der Waals surface area (Å²) in [5.41, 5.74) is 2.83. The molecule has 1 amide bonds. The Morgan fingerprint density at radius 1 is 1.16 bits per heavy atom. The third-order valence-electron chi connectivity index (χ3n) is 4.08. The summed E-state index contributed by atoms with van der Waals surface area (Å²) in [5, 5.41) is 3.20. The van der Waals surface area contributed by atoms with Crippen molar-refractivity contribution in [3.05, 3.63) is 59.4 Å². The van der Waals surface area contributed by atoms with Gasteiger partial charge in [0.2, 0.25) is 5.91 Å². The van der Waals surface area contributed by atoms with E-state index in [4.69, 9.17) is 0 Å². The molecule has 0 spiro atoms. The number of para-hydroxylation sites is 1. The summed E-state index contributed by atoms with van der Waals surface area (Å²) >= 11 is 1.28. The van der Waals surface area contributed by atoms with Gasteiger partial charge in [0.15, 0.2) is 5.13 Å². The lowest BCUT2D eigenvalue weighted by Gasteiger charge is -2.19. The van der Waals surface area contributed by atoms with Gasteiger partial charge in [0.1, 0.15) is 11.3 Å². The van der Waals surface area contributed by atoms with E-state index in [1.807, 2.05) is 0 Å². The number of aromatic nitrogens is 1. The van der Waals surface area contributed by atoms with Crippen LogP contribution in [-0.4, -0.2) is 10.9 Å². The van der Waals surface area contributed by atoms with E-state index in [-0.39, 0.29) is 17.1 Å². The first-order valence-electron chi connectivity index (χ1n) is 8.27. The standard InChI is InChI=1S/C20H21FN2OS/c1-20(2,3)14-10-7-13(8-11-14)9-12-17(24)22-19-23-18-15(21)5-4-6-16(18)25-19/h4-8,10-11H,9,12H2,1-3H3,(H,22,23,24). The van der Waals surface area contributed by atoms with Crippen molar-refractivity contribution in [2.75, 3.05) is 5.32 Å². The van der Waals surface area contributed by atoms with Crippen LogP contribution in [0.4, 0.5) is 9.52 Å².